The second-order valence-corrected chi connectivity index (χ2v) is 7.27. The van der Waals surface area contributed by atoms with E-state index in [9.17, 15) is 4.79 Å². The third-order valence-corrected chi connectivity index (χ3v) is 5.75. The van der Waals surface area contributed by atoms with Gasteiger partial charge in [-0.2, -0.15) is 0 Å². The Morgan fingerprint density at radius 3 is 2.55 bits per heavy atom. The van der Waals surface area contributed by atoms with Gasteiger partial charge in [-0.25, -0.2) is 4.98 Å². The van der Waals surface area contributed by atoms with Crippen LogP contribution in [0.4, 0.5) is 0 Å². The Labute approximate surface area is 135 Å². The van der Waals surface area contributed by atoms with E-state index in [0.29, 0.717) is 17.5 Å². The molecule has 113 valence electrons. The Bertz CT molecular complexity index is 645. The summed E-state index contributed by atoms with van der Waals surface area (Å²) in [7, 11) is 0. The molecule has 2 aliphatic heterocycles. The Morgan fingerprint density at radius 2 is 1.91 bits per heavy atom. The van der Waals surface area contributed by atoms with Gasteiger partial charge in [-0.3, -0.25) is 4.79 Å². The Morgan fingerprint density at radius 1 is 1.18 bits per heavy atom. The number of aromatic nitrogens is 1. The lowest BCUT2D eigenvalue weighted by atomic mass is 9.84. The van der Waals surface area contributed by atoms with Crippen molar-refractivity contribution in [3.05, 3.63) is 41.4 Å². The molecule has 3 nitrogen and oxygen atoms in total. The molecule has 2 bridgehead atoms. The van der Waals surface area contributed by atoms with E-state index in [-0.39, 0.29) is 5.91 Å². The second-order valence-electron chi connectivity index (χ2n) is 6.41. The molecule has 3 aliphatic rings. The number of fused-ring (bicyclic) bond motifs is 4. The van der Waals surface area contributed by atoms with Crippen molar-refractivity contribution in [2.75, 3.05) is 13.1 Å². The van der Waals surface area contributed by atoms with Crippen molar-refractivity contribution < 1.29 is 4.79 Å². The molecule has 3 fully saturated rings. The van der Waals surface area contributed by atoms with Gasteiger partial charge < -0.3 is 4.90 Å². The molecular weight excluding hydrogens is 292 g/mol. The van der Waals surface area contributed by atoms with E-state index in [2.05, 4.69) is 11.1 Å². The smallest absolute Gasteiger partial charge is 0.273 e. The topological polar surface area (TPSA) is 33.2 Å². The zero-order valence-corrected chi connectivity index (χ0v) is 13.3. The van der Waals surface area contributed by atoms with E-state index in [1.165, 1.54) is 37.0 Å². The number of thiazole rings is 1. The molecule has 0 spiro atoms. The minimum Gasteiger partial charge on any atom is -0.337 e. The first kappa shape index (κ1) is 13.9. The summed E-state index contributed by atoms with van der Waals surface area (Å²) in [4.78, 5) is 19.4. The highest BCUT2D eigenvalue weighted by atomic mass is 32.1. The lowest BCUT2D eigenvalue weighted by Crippen LogP contribution is -2.34. The number of hydrogen-bond acceptors (Lipinski definition) is 3. The zero-order chi connectivity index (χ0) is 14.9. The van der Waals surface area contributed by atoms with E-state index in [0.717, 1.165) is 23.7 Å². The Balaban J connectivity index is 1.55. The predicted octanol–water partition coefficient (Wildman–Crippen LogP) is 3.87. The normalized spacial score (nSPS) is 24.3. The lowest BCUT2D eigenvalue weighted by molar-refractivity contribution is 0.0734. The Hall–Kier alpha value is -1.68. The molecule has 0 N–H and O–H groups in total. The average Bonchev–Trinajstić information content (AvgIpc) is 2.87. The third-order valence-electron chi connectivity index (χ3n) is 4.87. The predicted molar refractivity (Wildman–Crippen MR) is 87.7 cm³/mol. The van der Waals surface area contributed by atoms with Crippen molar-refractivity contribution >= 4 is 17.2 Å². The second kappa shape index (κ2) is 5.84. The van der Waals surface area contributed by atoms with Crippen LogP contribution in [-0.4, -0.2) is 28.9 Å². The highest BCUT2D eigenvalue weighted by Gasteiger charge is 2.32. The van der Waals surface area contributed by atoms with Crippen molar-refractivity contribution in [2.24, 2.45) is 11.8 Å². The van der Waals surface area contributed by atoms with Gasteiger partial charge in [0.05, 0.1) is 0 Å². The molecule has 1 amide bonds. The summed E-state index contributed by atoms with van der Waals surface area (Å²) in [6.07, 6.45) is 5.15. The van der Waals surface area contributed by atoms with Crippen LogP contribution in [0.3, 0.4) is 0 Å². The number of rotatable bonds is 2. The monoisotopic (exact) mass is 311 g/mol. The van der Waals surface area contributed by atoms with Gasteiger partial charge in [-0.1, -0.05) is 24.3 Å². The summed E-state index contributed by atoms with van der Waals surface area (Å²) >= 11 is 1.53. The number of nitrogens with zero attached hydrogens (tertiary/aromatic N) is 2. The first-order valence-corrected chi connectivity index (χ1v) is 8.89. The molecule has 0 unspecified atom stereocenters. The Kier molecular flexibility index (Phi) is 3.70. The van der Waals surface area contributed by atoms with E-state index in [1.807, 2.05) is 34.5 Å². The molecule has 1 aromatic heterocycles. The molecule has 5 rings (SSSR count). The van der Waals surface area contributed by atoms with Gasteiger partial charge >= 0.3 is 0 Å². The van der Waals surface area contributed by atoms with Gasteiger partial charge in [0.15, 0.2) is 0 Å². The van der Waals surface area contributed by atoms with Crippen LogP contribution in [0.25, 0.3) is 10.6 Å². The van der Waals surface area contributed by atoms with Gasteiger partial charge in [0.1, 0.15) is 10.7 Å². The largest absolute Gasteiger partial charge is 0.337 e. The molecule has 1 radical (unpaired) electrons. The van der Waals surface area contributed by atoms with E-state index < -0.39 is 0 Å². The summed E-state index contributed by atoms with van der Waals surface area (Å²) < 4.78 is 0. The zero-order valence-electron chi connectivity index (χ0n) is 12.5. The minimum atomic E-state index is 0.109. The molecule has 2 saturated heterocycles. The van der Waals surface area contributed by atoms with Crippen LogP contribution in [0.15, 0.2) is 29.6 Å². The number of carbonyl (C=O) groups is 1. The van der Waals surface area contributed by atoms with Gasteiger partial charge in [-0.15, -0.1) is 11.3 Å². The maximum Gasteiger partial charge on any atom is 0.273 e. The molecule has 0 atom stereocenters. The molecule has 4 heteroatoms. The number of hydrogen-bond donors (Lipinski definition) is 0. The highest BCUT2D eigenvalue weighted by Crippen LogP contribution is 2.34. The van der Waals surface area contributed by atoms with Gasteiger partial charge in [0.2, 0.25) is 0 Å². The number of benzene rings is 1. The maximum absolute atomic E-state index is 12.8. The van der Waals surface area contributed by atoms with Crippen LogP contribution >= 0.6 is 11.3 Å². The average molecular weight is 311 g/mol. The summed E-state index contributed by atoms with van der Waals surface area (Å²) in [5.74, 6) is 1.50. The highest BCUT2D eigenvalue weighted by molar-refractivity contribution is 7.13. The van der Waals surface area contributed by atoms with Crippen LogP contribution in [0.2, 0.25) is 0 Å². The summed E-state index contributed by atoms with van der Waals surface area (Å²) in [6.45, 7) is 1.83. The fraction of sp³-hybridized carbons (Fsp3) is 0.444. The quantitative estimate of drug-likeness (QED) is 0.843. The summed E-state index contributed by atoms with van der Waals surface area (Å²) in [6, 6.07) is 11.0. The molecular formula is C18H19N2OS. The maximum atomic E-state index is 12.8. The van der Waals surface area contributed by atoms with Gasteiger partial charge in [-0.05, 0) is 43.6 Å². The van der Waals surface area contributed by atoms with E-state index >= 15 is 0 Å². The van der Waals surface area contributed by atoms with Crippen molar-refractivity contribution in [1.29, 1.82) is 0 Å². The molecule has 1 aliphatic carbocycles. The standard InChI is InChI=1S/C18H19N2OS/c21-18(20-10-13-6-7-14(11-20)9-8-13)16-12-22-17(19-16)15-4-2-1-3-5-15/h1-4,12-14H,6-11H2. The summed E-state index contributed by atoms with van der Waals surface area (Å²) in [5.41, 5.74) is 1.56. The van der Waals surface area contributed by atoms with Crippen LogP contribution in [-0.2, 0) is 0 Å². The van der Waals surface area contributed by atoms with E-state index in [4.69, 9.17) is 0 Å². The summed E-state index contributed by atoms with van der Waals surface area (Å²) in [5, 5.41) is 2.77. The minimum absolute atomic E-state index is 0.109. The van der Waals surface area contributed by atoms with E-state index in [1.54, 1.807) is 0 Å². The van der Waals surface area contributed by atoms with Crippen molar-refractivity contribution in [3.63, 3.8) is 0 Å². The first-order valence-electron chi connectivity index (χ1n) is 8.01. The van der Waals surface area contributed by atoms with Crippen LogP contribution in [0.5, 0.6) is 0 Å². The SMILES string of the molecule is O=C(c1csc(-c2[c]cccc2)n1)N1CC2CCC(CC2)C1. The van der Waals surface area contributed by atoms with Crippen molar-refractivity contribution in [1.82, 2.24) is 9.88 Å². The number of carbonyl (C=O) groups excluding carboxylic acids is 1. The van der Waals surface area contributed by atoms with Crippen molar-refractivity contribution in [3.8, 4) is 10.6 Å². The first-order chi connectivity index (χ1) is 10.8. The lowest BCUT2D eigenvalue weighted by Gasteiger charge is -2.21. The third kappa shape index (κ3) is 2.68. The van der Waals surface area contributed by atoms with Crippen molar-refractivity contribution in [2.45, 2.75) is 25.7 Å². The molecule has 1 aromatic carbocycles. The van der Waals surface area contributed by atoms with Gasteiger partial charge in [0.25, 0.3) is 5.91 Å². The fourth-order valence-corrected chi connectivity index (χ4v) is 4.43. The molecule has 1 saturated carbocycles. The van der Waals surface area contributed by atoms with Crippen LogP contribution < -0.4 is 0 Å². The number of amides is 1. The van der Waals surface area contributed by atoms with Gasteiger partial charge in [0, 0.05) is 24.0 Å². The molecule has 3 heterocycles. The fourth-order valence-electron chi connectivity index (χ4n) is 3.64. The molecule has 2 aromatic rings. The van der Waals surface area contributed by atoms with Crippen LogP contribution in [0, 0.1) is 17.9 Å². The molecule has 22 heavy (non-hydrogen) atoms. The van der Waals surface area contributed by atoms with Crippen LogP contribution in [0.1, 0.15) is 36.2 Å².